The van der Waals surface area contributed by atoms with Crippen molar-refractivity contribution >= 4 is 28.5 Å². The van der Waals surface area contributed by atoms with Crippen LogP contribution in [0, 0.1) is 0 Å². The van der Waals surface area contributed by atoms with Crippen molar-refractivity contribution in [3.05, 3.63) is 44.8 Å². The van der Waals surface area contributed by atoms with E-state index in [-0.39, 0.29) is 5.78 Å². The van der Waals surface area contributed by atoms with Crippen LogP contribution in [-0.4, -0.2) is 5.78 Å². The smallest absolute Gasteiger partial charge is 0.212 e. The summed E-state index contributed by atoms with van der Waals surface area (Å²) in [7, 11) is 0. The quantitative estimate of drug-likeness (QED) is 0.671. The number of thiophene rings is 2. The second-order valence-electron chi connectivity index (χ2n) is 2.28. The SMILES string of the molecule is O=C(c1cccs1)c1cccs1. The molecule has 2 aromatic heterocycles. The molecular formula is C9H6OS2. The van der Waals surface area contributed by atoms with Crippen molar-refractivity contribution < 1.29 is 4.79 Å². The van der Waals surface area contributed by atoms with Crippen LogP contribution >= 0.6 is 22.7 Å². The Balaban J connectivity index is 2.34. The maximum atomic E-state index is 11.6. The lowest BCUT2D eigenvalue weighted by molar-refractivity contribution is 0.104. The van der Waals surface area contributed by atoms with E-state index in [1.807, 2.05) is 35.0 Å². The fourth-order valence-corrected chi connectivity index (χ4v) is 2.36. The van der Waals surface area contributed by atoms with Gasteiger partial charge < -0.3 is 0 Å². The number of rotatable bonds is 2. The minimum Gasteiger partial charge on any atom is -0.287 e. The van der Waals surface area contributed by atoms with E-state index in [1.54, 1.807) is 0 Å². The van der Waals surface area contributed by atoms with Gasteiger partial charge in [0, 0.05) is 0 Å². The van der Waals surface area contributed by atoms with E-state index in [1.165, 1.54) is 22.7 Å². The number of hydrogen-bond acceptors (Lipinski definition) is 3. The molecule has 60 valence electrons. The molecule has 2 aromatic rings. The number of ketones is 1. The predicted octanol–water partition coefficient (Wildman–Crippen LogP) is 3.04. The fourth-order valence-electron chi connectivity index (χ4n) is 0.937. The number of hydrogen-bond donors (Lipinski definition) is 0. The molecule has 2 rings (SSSR count). The van der Waals surface area contributed by atoms with E-state index in [9.17, 15) is 4.79 Å². The largest absolute Gasteiger partial charge is 0.287 e. The van der Waals surface area contributed by atoms with Crippen LogP contribution in [0.3, 0.4) is 0 Å². The average molecular weight is 194 g/mol. The van der Waals surface area contributed by atoms with E-state index in [4.69, 9.17) is 0 Å². The van der Waals surface area contributed by atoms with Crippen LogP contribution < -0.4 is 0 Å². The molecule has 0 fully saturated rings. The second kappa shape index (κ2) is 3.21. The van der Waals surface area contributed by atoms with Gasteiger partial charge in [0.15, 0.2) is 0 Å². The molecule has 0 atom stereocenters. The lowest BCUT2D eigenvalue weighted by Gasteiger charge is -1.89. The first kappa shape index (κ1) is 7.71. The third-order valence-corrected chi connectivity index (χ3v) is 3.23. The normalized spacial score (nSPS) is 10.0. The minimum absolute atomic E-state index is 0.139. The van der Waals surface area contributed by atoms with Crippen molar-refractivity contribution in [3.8, 4) is 0 Å². The molecule has 0 amide bonds. The number of carbonyl (C=O) groups excluding carboxylic acids is 1. The van der Waals surface area contributed by atoms with Crippen molar-refractivity contribution in [2.24, 2.45) is 0 Å². The third-order valence-electron chi connectivity index (χ3n) is 1.49. The molecule has 0 aliphatic rings. The summed E-state index contributed by atoms with van der Waals surface area (Å²) in [6.45, 7) is 0. The highest BCUT2D eigenvalue weighted by Crippen LogP contribution is 2.18. The Morgan fingerprint density at radius 1 is 1.00 bits per heavy atom. The molecule has 3 heteroatoms. The van der Waals surface area contributed by atoms with Gasteiger partial charge in [-0.25, -0.2) is 0 Å². The lowest BCUT2D eigenvalue weighted by Crippen LogP contribution is -1.93. The van der Waals surface area contributed by atoms with Gasteiger partial charge in [-0.1, -0.05) is 12.1 Å². The predicted molar refractivity (Wildman–Crippen MR) is 52.1 cm³/mol. The van der Waals surface area contributed by atoms with Gasteiger partial charge in [-0.05, 0) is 22.9 Å². The van der Waals surface area contributed by atoms with Gasteiger partial charge in [0.1, 0.15) is 0 Å². The maximum absolute atomic E-state index is 11.6. The average Bonchev–Trinajstić information content (AvgIpc) is 2.77. The van der Waals surface area contributed by atoms with Gasteiger partial charge in [-0.3, -0.25) is 4.79 Å². The molecule has 0 radical (unpaired) electrons. The fraction of sp³-hybridized carbons (Fsp3) is 0. The van der Waals surface area contributed by atoms with Crippen molar-refractivity contribution in [1.82, 2.24) is 0 Å². The Hall–Kier alpha value is -0.930. The Labute approximate surface area is 78.3 Å². The number of carbonyl (C=O) groups is 1. The highest BCUT2D eigenvalue weighted by Gasteiger charge is 2.09. The van der Waals surface area contributed by atoms with Crippen LogP contribution in [0.1, 0.15) is 14.5 Å². The van der Waals surface area contributed by atoms with Crippen molar-refractivity contribution in [2.45, 2.75) is 0 Å². The highest BCUT2D eigenvalue weighted by atomic mass is 32.1. The molecule has 0 spiro atoms. The first-order chi connectivity index (χ1) is 5.88. The van der Waals surface area contributed by atoms with Gasteiger partial charge in [-0.15, -0.1) is 22.7 Å². The molecule has 0 bridgehead atoms. The van der Waals surface area contributed by atoms with Crippen LogP contribution in [0.25, 0.3) is 0 Å². The molecule has 0 saturated heterocycles. The molecule has 1 nitrogen and oxygen atoms in total. The third kappa shape index (κ3) is 1.33. The molecule has 0 aromatic carbocycles. The molecule has 0 aliphatic heterocycles. The molecule has 0 N–H and O–H groups in total. The summed E-state index contributed by atoms with van der Waals surface area (Å²) < 4.78 is 0. The van der Waals surface area contributed by atoms with E-state index >= 15 is 0 Å². The first-order valence-electron chi connectivity index (χ1n) is 3.49. The van der Waals surface area contributed by atoms with Gasteiger partial charge in [0.25, 0.3) is 0 Å². The topological polar surface area (TPSA) is 17.1 Å². The van der Waals surface area contributed by atoms with E-state index in [0.717, 1.165) is 9.75 Å². The highest BCUT2D eigenvalue weighted by molar-refractivity contribution is 7.15. The standard InChI is InChI=1S/C9H6OS2/c10-9(7-3-1-5-11-7)8-4-2-6-12-8/h1-6H. The summed E-state index contributed by atoms with van der Waals surface area (Å²) in [5, 5.41) is 3.84. The van der Waals surface area contributed by atoms with Crippen LogP contribution in [0.5, 0.6) is 0 Å². The monoisotopic (exact) mass is 194 g/mol. The first-order valence-corrected chi connectivity index (χ1v) is 5.25. The van der Waals surface area contributed by atoms with Crippen LogP contribution in [0.4, 0.5) is 0 Å². The molecule has 2 heterocycles. The molecule has 12 heavy (non-hydrogen) atoms. The van der Waals surface area contributed by atoms with E-state index in [0.29, 0.717) is 0 Å². The zero-order valence-corrected chi connectivity index (χ0v) is 7.82. The Morgan fingerprint density at radius 2 is 1.50 bits per heavy atom. The minimum atomic E-state index is 0.139. The second-order valence-corrected chi connectivity index (χ2v) is 4.18. The van der Waals surface area contributed by atoms with Crippen LogP contribution in [-0.2, 0) is 0 Å². The van der Waals surface area contributed by atoms with Crippen molar-refractivity contribution in [1.29, 1.82) is 0 Å². The van der Waals surface area contributed by atoms with Gasteiger partial charge >= 0.3 is 0 Å². The molecule has 0 aliphatic carbocycles. The maximum Gasteiger partial charge on any atom is 0.212 e. The summed E-state index contributed by atoms with van der Waals surface area (Å²) in [4.78, 5) is 13.2. The van der Waals surface area contributed by atoms with Gasteiger partial charge in [0.2, 0.25) is 5.78 Å². The van der Waals surface area contributed by atoms with Crippen molar-refractivity contribution in [3.63, 3.8) is 0 Å². The van der Waals surface area contributed by atoms with Gasteiger partial charge in [0.05, 0.1) is 9.75 Å². The van der Waals surface area contributed by atoms with Crippen LogP contribution in [0.2, 0.25) is 0 Å². The zero-order chi connectivity index (χ0) is 8.39. The summed E-state index contributed by atoms with van der Waals surface area (Å²) in [5.74, 6) is 0.139. The summed E-state index contributed by atoms with van der Waals surface area (Å²) >= 11 is 2.97. The summed E-state index contributed by atoms with van der Waals surface area (Å²) in [6.07, 6.45) is 0. The molecule has 0 unspecified atom stereocenters. The Bertz CT molecular complexity index is 323. The molecular weight excluding hydrogens is 188 g/mol. The summed E-state index contributed by atoms with van der Waals surface area (Å²) in [6, 6.07) is 7.50. The van der Waals surface area contributed by atoms with E-state index in [2.05, 4.69) is 0 Å². The summed E-state index contributed by atoms with van der Waals surface area (Å²) in [5.41, 5.74) is 0. The Kier molecular flexibility index (Phi) is 2.06. The zero-order valence-electron chi connectivity index (χ0n) is 6.19. The Morgan fingerprint density at radius 3 is 1.83 bits per heavy atom. The van der Waals surface area contributed by atoms with Crippen molar-refractivity contribution in [2.75, 3.05) is 0 Å². The van der Waals surface area contributed by atoms with Gasteiger partial charge in [-0.2, -0.15) is 0 Å². The lowest BCUT2D eigenvalue weighted by atomic mass is 10.3. The van der Waals surface area contributed by atoms with Crippen LogP contribution in [0.15, 0.2) is 35.0 Å². The molecule has 0 saturated carbocycles. The van der Waals surface area contributed by atoms with E-state index < -0.39 is 0 Å².